The number of hydrogen-bond acceptors (Lipinski definition) is 7. The summed E-state index contributed by atoms with van der Waals surface area (Å²) in [5.41, 5.74) is -1.61. The summed E-state index contributed by atoms with van der Waals surface area (Å²) < 4.78 is 53.8. The first-order chi connectivity index (χ1) is 14.1. The Morgan fingerprint density at radius 2 is 1.77 bits per heavy atom. The van der Waals surface area contributed by atoms with Crippen molar-refractivity contribution in [3.05, 3.63) is 70.1 Å². The molecule has 2 aromatic carbocycles. The van der Waals surface area contributed by atoms with E-state index in [9.17, 15) is 33.0 Å². The van der Waals surface area contributed by atoms with E-state index in [4.69, 9.17) is 13.9 Å². The maximum Gasteiger partial charge on any atom is 1.00 e. The number of benzene rings is 2. The molecule has 0 saturated carbocycles. The van der Waals surface area contributed by atoms with E-state index in [1.807, 2.05) is 0 Å². The Labute approximate surface area is 195 Å². The zero-order valence-electron chi connectivity index (χ0n) is 16.1. The first kappa shape index (κ1) is 24.7. The molecule has 3 rings (SSSR count). The van der Waals surface area contributed by atoms with Gasteiger partial charge in [0.15, 0.2) is 11.2 Å². The van der Waals surface area contributed by atoms with Crippen molar-refractivity contribution >= 4 is 16.9 Å². The first-order valence-electron chi connectivity index (χ1n) is 8.54. The fourth-order valence-corrected chi connectivity index (χ4v) is 2.59. The Hall–Kier alpha value is -2.53. The van der Waals surface area contributed by atoms with Gasteiger partial charge in [-0.25, -0.2) is 0 Å². The van der Waals surface area contributed by atoms with E-state index in [0.717, 1.165) is 18.2 Å². The zero-order valence-corrected chi connectivity index (χ0v) is 18.1. The van der Waals surface area contributed by atoms with Gasteiger partial charge < -0.3 is 28.9 Å². The fraction of sp³-hybridized carbons (Fsp3) is 0.200. The molecule has 1 atom stereocenters. The van der Waals surface area contributed by atoms with E-state index in [0.29, 0.717) is 0 Å². The van der Waals surface area contributed by atoms with Crippen LogP contribution in [-0.2, 0) is 6.18 Å². The summed E-state index contributed by atoms with van der Waals surface area (Å²) in [6.07, 6.45) is -5.75. The molecule has 1 aromatic heterocycles. The molecule has 7 nitrogen and oxygen atoms in total. The van der Waals surface area contributed by atoms with Crippen molar-refractivity contribution in [1.82, 2.24) is 0 Å². The summed E-state index contributed by atoms with van der Waals surface area (Å²) in [7, 11) is 0. The number of aliphatic hydroxyl groups excluding tert-OH is 1. The maximum atomic E-state index is 12.7. The minimum absolute atomic E-state index is 0. The van der Waals surface area contributed by atoms with Crippen molar-refractivity contribution in [3.63, 3.8) is 0 Å². The number of carboxylic acids is 1. The molecule has 11 heteroatoms. The standard InChI is InChI=1S/C20H15F3O7.Na/c21-20(22,23)11-3-1-4-13(7-11)28-9-12(24)10-29-15-5-2-6-16-18(15)14(25)8-17(30-16)19(26)27;/h1-8,12,24H,9-10H2,(H,26,27);/q;+1/p-1. The van der Waals surface area contributed by atoms with Gasteiger partial charge in [-0.2, -0.15) is 13.2 Å². The van der Waals surface area contributed by atoms with Crippen LogP contribution < -0.4 is 49.6 Å². The molecule has 0 fully saturated rings. The van der Waals surface area contributed by atoms with Gasteiger partial charge in [0.25, 0.3) is 0 Å². The second kappa shape index (κ2) is 10.2. The van der Waals surface area contributed by atoms with E-state index >= 15 is 0 Å². The van der Waals surface area contributed by atoms with Crippen molar-refractivity contribution in [2.75, 3.05) is 13.2 Å². The number of rotatable bonds is 7. The van der Waals surface area contributed by atoms with Gasteiger partial charge in [-0.3, -0.25) is 4.79 Å². The molecule has 0 aliphatic carbocycles. The summed E-state index contributed by atoms with van der Waals surface area (Å²) in [6, 6.07) is 9.16. The molecule has 31 heavy (non-hydrogen) atoms. The van der Waals surface area contributed by atoms with Gasteiger partial charge in [0, 0.05) is 6.07 Å². The van der Waals surface area contributed by atoms with Crippen molar-refractivity contribution in [1.29, 1.82) is 0 Å². The number of hydrogen-bond donors (Lipinski definition) is 1. The van der Waals surface area contributed by atoms with Gasteiger partial charge in [-0.05, 0) is 30.3 Å². The predicted octanol–water partition coefficient (Wildman–Crippen LogP) is -1.00. The van der Waals surface area contributed by atoms with E-state index in [2.05, 4.69) is 0 Å². The molecule has 0 aliphatic heterocycles. The van der Waals surface area contributed by atoms with Crippen LogP contribution in [0.3, 0.4) is 0 Å². The molecule has 0 bridgehead atoms. The number of aromatic carboxylic acids is 1. The zero-order chi connectivity index (χ0) is 21.9. The Morgan fingerprint density at radius 1 is 1.10 bits per heavy atom. The van der Waals surface area contributed by atoms with E-state index in [1.54, 1.807) is 0 Å². The summed E-state index contributed by atoms with van der Waals surface area (Å²) in [6.45, 7) is -0.713. The van der Waals surface area contributed by atoms with Gasteiger partial charge >= 0.3 is 35.7 Å². The number of halogens is 3. The summed E-state index contributed by atoms with van der Waals surface area (Å²) in [5.74, 6) is -2.34. The summed E-state index contributed by atoms with van der Waals surface area (Å²) in [5, 5.41) is 20.8. The van der Waals surface area contributed by atoms with Crippen LogP contribution in [0.1, 0.15) is 16.1 Å². The average Bonchev–Trinajstić information content (AvgIpc) is 2.70. The molecular weight excluding hydrogens is 432 g/mol. The van der Waals surface area contributed by atoms with Crippen LogP contribution >= 0.6 is 0 Å². The van der Waals surface area contributed by atoms with Crippen molar-refractivity contribution in [2.24, 2.45) is 0 Å². The van der Waals surface area contributed by atoms with Crippen molar-refractivity contribution < 1.29 is 71.6 Å². The van der Waals surface area contributed by atoms with Crippen LogP contribution in [0, 0.1) is 0 Å². The Kier molecular flexibility index (Phi) is 8.13. The number of fused-ring (bicyclic) bond motifs is 1. The van der Waals surface area contributed by atoms with Crippen LogP contribution in [0.4, 0.5) is 13.2 Å². The minimum Gasteiger partial charge on any atom is -0.542 e. The van der Waals surface area contributed by atoms with E-state index < -0.39 is 35.0 Å². The minimum atomic E-state index is -4.52. The summed E-state index contributed by atoms with van der Waals surface area (Å²) >= 11 is 0. The normalized spacial score (nSPS) is 12.1. The number of alkyl halides is 3. The summed E-state index contributed by atoms with van der Waals surface area (Å²) in [4.78, 5) is 23.1. The number of carbonyl (C=O) groups excluding carboxylic acids is 1. The van der Waals surface area contributed by atoms with Crippen LogP contribution in [0.2, 0.25) is 0 Å². The third-order valence-electron chi connectivity index (χ3n) is 3.95. The number of ether oxygens (including phenoxy) is 2. The Bertz CT molecular complexity index is 1130. The van der Waals surface area contributed by atoms with Gasteiger partial charge in [0.2, 0.25) is 0 Å². The molecule has 0 radical (unpaired) electrons. The average molecular weight is 446 g/mol. The molecule has 1 heterocycles. The monoisotopic (exact) mass is 446 g/mol. The molecule has 1 unspecified atom stereocenters. The van der Waals surface area contributed by atoms with Crippen LogP contribution in [-0.4, -0.2) is 30.4 Å². The fourth-order valence-electron chi connectivity index (χ4n) is 2.59. The number of aliphatic hydroxyl groups is 1. The topological polar surface area (TPSA) is 109 Å². The smallest absolute Gasteiger partial charge is 0.542 e. The molecule has 158 valence electrons. The Balaban J connectivity index is 0.00000341. The number of carboxylic acid groups (broad SMARTS) is 1. The third kappa shape index (κ3) is 6.23. The molecule has 3 aromatic rings. The van der Waals surface area contributed by atoms with Gasteiger partial charge in [0.1, 0.15) is 47.8 Å². The predicted molar refractivity (Wildman–Crippen MR) is 95.3 cm³/mol. The largest absolute Gasteiger partial charge is 1.00 e. The maximum absolute atomic E-state index is 12.7. The van der Waals surface area contributed by atoms with Gasteiger partial charge in [-0.15, -0.1) is 0 Å². The van der Waals surface area contributed by atoms with Crippen molar-refractivity contribution in [2.45, 2.75) is 12.3 Å². The second-order valence-corrected chi connectivity index (χ2v) is 6.19. The molecule has 0 aliphatic rings. The van der Waals surface area contributed by atoms with Crippen LogP contribution in [0.15, 0.2) is 57.7 Å². The SMILES string of the molecule is O=C([O-])c1cc(=O)c2c(OCC(O)COc3cccc(C(F)(F)F)c3)cccc2o1.[Na+]. The quantitative estimate of drug-likeness (QED) is 0.464. The second-order valence-electron chi connectivity index (χ2n) is 6.19. The molecule has 1 N–H and O–H groups in total. The first-order valence-corrected chi connectivity index (χ1v) is 8.54. The van der Waals surface area contributed by atoms with E-state index in [-0.39, 0.29) is 65.2 Å². The van der Waals surface area contributed by atoms with Gasteiger partial charge in [-0.1, -0.05) is 12.1 Å². The molecule has 0 saturated heterocycles. The molecule has 0 spiro atoms. The van der Waals surface area contributed by atoms with Crippen molar-refractivity contribution in [3.8, 4) is 11.5 Å². The Morgan fingerprint density at radius 3 is 2.45 bits per heavy atom. The third-order valence-corrected chi connectivity index (χ3v) is 3.95. The van der Waals surface area contributed by atoms with Crippen LogP contribution in [0.25, 0.3) is 11.0 Å². The van der Waals surface area contributed by atoms with Crippen LogP contribution in [0.5, 0.6) is 11.5 Å². The van der Waals surface area contributed by atoms with Gasteiger partial charge in [0.05, 0.1) is 5.56 Å². The number of carbonyl (C=O) groups is 1. The molecular formula is C20H14F3NaO7. The molecule has 0 amide bonds. The van der Waals surface area contributed by atoms with E-state index in [1.165, 1.54) is 30.3 Å².